The van der Waals surface area contributed by atoms with Gasteiger partial charge in [0, 0.05) is 6.07 Å². The highest BCUT2D eigenvalue weighted by atomic mass is 16.5. The van der Waals surface area contributed by atoms with Crippen molar-refractivity contribution in [3.63, 3.8) is 0 Å². The summed E-state index contributed by atoms with van der Waals surface area (Å²) in [6.45, 7) is 2.66. The van der Waals surface area contributed by atoms with Gasteiger partial charge in [-0.05, 0) is 29.8 Å². The van der Waals surface area contributed by atoms with Gasteiger partial charge in [-0.15, -0.1) is 0 Å². The minimum atomic E-state index is 0.689. The number of rotatable bonds is 2. The second kappa shape index (κ2) is 3.48. The fourth-order valence-electron chi connectivity index (χ4n) is 1.34. The van der Waals surface area contributed by atoms with Crippen LogP contribution in [-0.4, -0.2) is 6.61 Å². The van der Waals surface area contributed by atoms with Crippen LogP contribution >= 0.6 is 0 Å². The smallest absolute Gasteiger partial charge is 0.127 e. The van der Waals surface area contributed by atoms with E-state index < -0.39 is 0 Å². The van der Waals surface area contributed by atoms with Crippen molar-refractivity contribution in [2.24, 2.45) is 0 Å². The van der Waals surface area contributed by atoms with Crippen LogP contribution in [-0.2, 0) is 0 Å². The Hall–Kier alpha value is -1.50. The molecule has 0 bridgehead atoms. The Morgan fingerprint density at radius 2 is 2.00 bits per heavy atom. The van der Waals surface area contributed by atoms with Crippen molar-refractivity contribution < 1.29 is 4.74 Å². The zero-order valence-corrected chi connectivity index (χ0v) is 7.58. The van der Waals surface area contributed by atoms with Crippen molar-refractivity contribution in [1.29, 1.82) is 0 Å². The zero-order chi connectivity index (χ0) is 9.10. The molecule has 13 heavy (non-hydrogen) atoms. The first-order chi connectivity index (χ1) is 6.40. The van der Waals surface area contributed by atoms with Crippen molar-refractivity contribution in [2.75, 3.05) is 6.61 Å². The van der Waals surface area contributed by atoms with Crippen LogP contribution in [0.1, 0.15) is 6.92 Å². The van der Waals surface area contributed by atoms with Crippen molar-refractivity contribution in [3.05, 3.63) is 42.5 Å². The van der Waals surface area contributed by atoms with E-state index >= 15 is 0 Å². The van der Waals surface area contributed by atoms with E-state index in [0.29, 0.717) is 6.61 Å². The minimum Gasteiger partial charge on any atom is -0.493 e. The maximum absolute atomic E-state index is 5.36. The van der Waals surface area contributed by atoms with Crippen LogP contribution in [0.25, 0.3) is 10.8 Å². The summed E-state index contributed by atoms with van der Waals surface area (Å²) in [4.78, 5) is 0. The molecule has 0 unspecified atom stereocenters. The first kappa shape index (κ1) is 8.11. The topological polar surface area (TPSA) is 9.23 Å². The quantitative estimate of drug-likeness (QED) is 0.674. The van der Waals surface area contributed by atoms with Gasteiger partial charge in [0.25, 0.3) is 0 Å². The molecular weight excluding hydrogens is 160 g/mol. The summed E-state index contributed by atoms with van der Waals surface area (Å²) in [7, 11) is 0. The third-order valence-corrected chi connectivity index (χ3v) is 1.95. The van der Waals surface area contributed by atoms with Crippen molar-refractivity contribution in [1.82, 2.24) is 0 Å². The van der Waals surface area contributed by atoms with Gasteiger partial charge in [0.15, 0.2) is 0 Å². The molecule has 0 saturated carbocycles. The predicted molar refractivity (Wildman–Crippen MR) is 54.0 cm³/mol. The molecule has 0 atom stereocenters. The summed E-state index contributed by atoms with van der Waals surface area (Å²) in [5.74, 6) is 0.821. The van der Waals surface area contributed by atoms with Gasteiger partial charge in [0.1, 0.15) is 5.75 Å². The summed E-state index contributed by atoms with van der Waals surface area (Å²) in [6, 6.07) is 15.3. The molecule has 0 N–H and O–H groups in total. The highest BCUT2D eigenvalue weighted by Gasteiger charge is 1.95. The van der Waals surface area contributed by atoms with E-state index in [1.165, 1.54) is 10.8 Å². The van der Waals surface area contributed by atoms with Gasteiger partial charge in [-0.3, -0.25) is 0 Å². The number of ether oxygens (including phenoxy) is 1. The molecular formula is C12H11O. The van der Waals surface area contributed by atoms with E-state index in [9.17, 15) is 0 Å². The lowest BCUT2D eigenvalue weighted by Crippen LogP contribution is -1.90. The molecule has 2 aromatic carbocycles. The first-order valence-corrected chi connectivity index (χ1v) is 4.43. The second-order valence-corrected chi connectivity index (χ2v) is 2.86. The molecule has 0 spiro atoms. The molecule has 2 rings (SSSR count). The monoisotopic (exact) mass is 171 g/mol. The molecule has 0 amide bonds. The molecule has 1 radical (unpaired) electrons. The molecule has 0 aliphatic heterocycles. The Morgan fingerprint density at radius 1 is 1.23 bits per heavy atom. The lowest BCUT2D eigenvalue weighted by molar-refractivity contribution is 0.340. The number of benzene rings is 2. The third kappa shape index (κ3) is 1.64. The molecule has 0 fully saturated rings. The normalized spacial score (nSPS) is 10.2. The molecule has 1 heteroatoms. The lowest BCUT2D eigenvalue weighted by atomic mass is 10.1. The standard InChI is InChI=1S/C12H11O/c1-2-13-12-8-7-10-5-3-4-6-11(10)9-12/h3-7,9H,2H2,1H3. The van der Waals surface area contributed by atoms with E-state index in [2.05, 4.69) is 18.2 Å². The largest absolute Gasteiger partial charge is 0.493 e. The van der Waals surface area contributed by atoms with Gasteiger partial charge in [0.05, 0.1) is 6.61 Å². The fraction of sp³-hybridized carbons (Fsp3) is 0.167. The van der Waals surface area contributed by atoms with Crippen LogP contribution in [0.5, 0.6) is 5.75 Å². The molecule has 2 aromatic rings. The summed E-state index contributed by atoms with van der Waals surface area (Å²) in [5, 5.41) is 2.40. The molecule has 0 aromatic heterocycles. The van der Waals surface area contributed by atoms with E-state index in [1.54, 1.807) is 0 Å². The molecule has 0 heterocycles. The lowest BCUT2D eigenvalue weighted by Gasteiger charge is -2.03. The van der Waals surface area contributed by atoms with Crippen molar-refractivity contribution in [2.45, 2.75) is 6.92 Å². The minimum absolute atomic E-state index is 0.689. The number of hydrogen-bond acceptors (Lipinski definition) is 1. The van der Waals surface area contributed by atoms with Gasteiger partial charge in [-0.25, -0.2) is 0 Å². The molecule has 65 valence electrons. The van der Waals surface area contributed by atoms with Gasteiger partial charge in [-0.2, -0.15) is 0 Å². The third-order valence-electron chi connectivity index (χ3n) is 1.95. The average Bonchev–Trinajstić information content (AvgIpc) is 2.18. The summed E-state index contributed by atoms with van der Waals surface area (Å²) in [6.07, 6.45) is 0. The highest BCUT2D eigenvalue weighted by molar-refractivity contribution is 5.83. The first-order valence-electron chi connectivity index (χ1n) is 4.43. The molecule has 0 saturated heterocycles. The average molecular weight is 171 g/mol. The van der Waals surface area contributed by atoms with Crippen LogP contribution in [0.15, 0.2) is 36.4 Å². The Balaban J connectivity index is 2.49. The highest BCUT2D eigenvalue weighted by Crippen LogP contribution is 2.19. The Labute approximate surface area is 78.0 Å². The van der Waals surface area contributed by atoms with Crippen molar-refractivity contribution in [3.8, 4) is 5.75 Å². The van der Waals surface area contributed by atoms with Gasteiger partial charge >= 0.3 is 0 Å². The van der Waals surface area contributed by atoms with Gasteiger partial charge in [-0.1, -0.05) is 24.3 Å². The van der Waals surface area contributed by atoms with E-state index in [1.807, 2.05) is 31.2 Å². The van der Waals surface area contributed by atoms with E-state index in [0.717, 1.165) is 5.75 Å². The second-order valence-electron chi connectivity index (χ2n) is 2.86. The van der Waals surface area contributed by atoms with Gasteiger partial charge < -0.3 is 4.74 Å². The Morgan fingerprint density at radius 3 is 2.77 bits per heavy atom. The molecule has 1 nitrogen and oxygen atoms in total. The SMILES string of the molecule is CCOc1[c]cc2ccccc2c1. The Bertz CT molecular complexity index is 407. The van der Waals surface area contributed by atoms with Crippen LogP contribution < -0.4 is 4.74 Å². The fourth-order valence-corrected chi connectivity index (χ4v) is 1.34. The predicted octanol–water partition coefficient (Wildman–Crippen LogP) is 3.04. The van der Waals surface area contributed by atoms with Crippen LogP contribution in [0.3, 0.4) is 0 Å². The molecule has 0 aliphatic carbocycles. The number of hydrogen-bond donors (Lipinski definition) is 0. The summed E-state index contributed by atoms with van der Waals surface area (Å²) < 4.78 is 5.36. The maximum Gasteiger partial charge on any atom is 0.127 e. The maximum atomic E-state index is 5.36. The number of fused-ring (bicyclic) bond motifs is 1. The summed E-state index contributed by atoms with van der Waals surface area (Å²) in [5.41, 5.74) is 0. The van der Waals surface area contributed by atoms with Crippen LogP contribution in [0.4, 0.5) is 0 Å². The summed E-state index contributed by atoms with van der Waals surface area (Å²) >= 11 is 0. The van der Waals surface area contributed by atoms with E-state index in [4.69, 9.17) is 4.74 Å². The Kier molecular flexibility index (Phi) is 2.17. The van der Waals surface area contributed by atoms with Gasteiger partial charge in [0.2, 0.25) is 0 Å². The van der Waals surface area contributed by atoms with E-state index in [-0.39, 0.29) is 0 Å². The van der Waals surface area contributed by atoms with Crippen LogP contribution in [0.2, 0.25) is 0 Å². The van der Waals surface area contributed by atoms with Crippen molar-refractivity contribution >= 4 is 10.8 Å². The van der Waals surface area contributed by atoms with Crippen LogP contribution in [0, 0.1) is 6.07 Å². The zero-order valence-electron chi connectivity index (χ0n) is 7.58. The molecule has 0 aliphatic rings.